The lowest BCUT2D eigenvalue weighted by molar-refractivity contribution is 0.400. The molecule has 16 heavy (non-hydrogen) atoms. The van der Waals surface area contributed by atoms with E-state index in [1.807, 2.05) is 0 Å². The van der Waals surface area contributed by atoms with Crippen molar-refractivity contribution in [1.29, 1.82) is 0 Å². The van der Waals surface area contributed by atoms with E-state index < -0.39 is 41.0 Å². The van der Waals surface area contributed by atoms with Crippen molar-refractivity contribution in [3.63, 3.8) is 0 Å². The Morgan fingerprint density at radius 2 is 1.06 bits per heavy atom. The van der Waals surface area contributed by atoms with Crippen LogP contribution in [-0.4, -0.2) is 39.6 Å². The van der Waals surface area contributed by atoms with Crippen molar-refractivity contribution >= 4 is 19.7 Å². The fourth-order valence-corrected chi connectivity index (χ4v) is 3.53. The van der Waals surface area contributed by atoms with Crippen molar-refractivity contribution in [2.45, 2.75) is 9.79 Å². The van der Waals surface area contributed by atoms with Crippen LogP contribution in [-0.2, 0) is 19.7 Å². The van der Waals surface area contributed by atoms with Gasteiger partial charge >= 0.3 is 0 Å². The van der Waals surface area contributed by atoms with E-state index in [2.05, 4.69) is 0 Å². The summed E-state index contributed by atoms with van der Waals surface area (Å²) in [5, 5.41) is 18.3. The van der Waals surface area contributed by atoms with Crippen molar-refractivity contribution < 1.29 is 27.0 Å². The molecule has 0 spiro atoms. The molecule has 90 valence electrons. The number of hydrogen-bond donors (Lipinski definition) is 2. The van der Waals surface area contributed by atoms with Crippen LogP contribution in [0.5, 0.6) is 11.5 Å². The van der Waals surface area contributed by atoms with Gasteiger partial charge in [-0.3, -0.25) is 0 Å². The molecule has 0 heterocycles. The summed E-state index contributed by atoms with van der Waals surface area (Å²) in [6.45, 7) is 0. The molecule has 0 atom stereocenters. The normalized spacial score (nSPS) is 12.6. The van der Waals surface area contributed by atoms with Gasteiger partial charge in [-0.2, -0.15) is 0 Å². The Bertz CT molecular complexity index is 570. The van der Waals surface area contributed by atoms with E-state index in [4.69, 9.17) is 10.2 Å². The van der Waals surface area contributed by atoms with E-state index >= 15 is 0 Å². The van der Waals surface area contributed by atoms with Crippen molar-refractivity contribution in [2.24, 2.45) is 0 Å². The summed E-state index contributed by atoms with van der Waals surface area (Å²) in [5.41, 5.74) is 0. The molecule has 1 rings (SSSR count). The van der Waals surface area contributed by atoms with Gasteiger partial charge in [0.15, 0.2) is 31.2 Å². The quantitative estimate of drug-likeness (QED) is 0.724. The molecule has 1 aromatic carbocycles. The standard InChI is InChI=1S/C8H10O6S2/c1-15(11,12)7-3-5(9)6(10)4-8(7)16(2,13)14/h3-4,9-10H,1-2H3. The number of phenolic OH excluding ortho intramolecular Hbond substituents is 2. The maximum absolute atomic E-state index is 11.3. The van der Waals surface area contributed by atoms with Crippen molar-refractivity contribution in [3.05, 3.63) is 12.1 Å². The van der Waals surface area contributed by atoms with Crippen LogP contribution in [0.3, 0.4) is 0 Å². The van der Waals surface area contributed by atoms with Gasteiger partial charge < -0.3 is 10.2 Å². The van der Waals surface area contributed by atoms with Crippen molar-refractivity contribution in [1.82, 2.24) is 0 Å². The minimum atomic E-state index is -3.81. The molecule has 0 fully saturated rings. The molecule has 0 bridgehead atoms. The second kappa shape index (κ2) is 3.63. The number of rotatable bonds is 2. The van der Waals surface area contributed by atoms with E-state index in [0.29, 0.717) is 12.1 Å². The molecule has 6 nitrogen and oxygen atoms in total. The van der Waals surface area contributed by atoms with Crippen LogP contribution in [0, 0.1) is 0 Å². The first-order valence-corrected chi connectivity index (χ1v) is 7.78. The Morgan fingerprint density at radius 3 is 1.25 bits per heavy atom. The summed E-state index contributed by atoms with van der Waals surface area (Å²) in [4.78, 5) is -1.07. The lowest BCUT2D eigenvalue weighted by Crippen LogP contribution is -2.07. The minimum Gasteiger partial charge on any atom is -0.504 e. The molecule has 2 N–H and O–H groups in total. The molecule has 0 saturated carbocycles. The van der Waals surface area contributed by atoms with Crippen LogP contribution >= 0.6 is 0 Å². The van der Waals surface area contributed by atoms with Gasteiger partial charge in [0.1, 0.15) is 0 Å². The first kappa shape index (κ1) is 12.8. The monoisotopic (exact) mass is 266 g/mol. The molecule has 0 radical (unpaired) electrons. The number of hydrogen-bond acceptors (Lipinski definition) is 6. The van der Waals surface area contributed by atoms with Gasteiger partial charge in [-0.25, -0.2) is 16.8 Å². The molecular formula is C8H10O6S2. The summed E-state index contributed by atoms with van der Waals surface area (Å²) >= 11 is 0. The van der Waals surface area contributed by atoms with Gasteiger partial charge in [0.25, 0.3) is 0 Å². The summed E-state index contributed by atoms with van der Waals surface area (Å²) in [5.74, 6) is -1.37. The molecular weight excluding hydrogens is 256 g/mol. The second-order valence-electron chi connectivity index (χ2n) is 3.33. The largest absolute Gasteiger partial charge is 0.504 e. The Balaban J connectivity index is 3.80. The van der Waals surface area contributed by atoms with Crippen LogP contribution in [0.25, 0.3) is 0 Å². The fraction of sp³-hybridized carbons (Fsp3) is 0.250. The lowest BCUT2D eigenvalue weighted by Gasteiger charge is -2.07. The number of sulfone groups is 2. The molecule has 0 unspecified atom stereocenters. The fourth-order valence-electron chi connectivity index (χ4n) is 1.12. The molecule has 8 heteroatoms. The highest BCUT2D eigenvalue weighted by Gasteiger charge is 2.23. The lowest BCUT2D eigenvalue weighted by atomic mass is 10.3. The molecule has 0 amide bonds. The molecule has 0 aliphatic carbocycles. The van der Waals surface area contributed by atoms with Crippen LogP contribution in [0.1, 0.15) is 0 Å². The molecule has 0 aliphatic heterocycles. The van der Waals surface area contributed by atoms with Gasteiger partial charge in [0.05, 0.1) is 9.79 Å². The molecule has 0 aliphatic rings. The predicted octanol–water partition coefficient (Wildman–Crippen LogP) is -0.0952. The number of aromatic hydroxyl groups is 2. The summed E-state index contributed by atoms with van der Waals surface area (Å²) in [7, 11) is -7.61. The average molecular weight is 266 g/mol. The third-order valence-corrected chi connectivity index (χ3v) is 4.24. The second-order valence-corrected chi connectivity index (χ2v) is 7.30. The maximum Gasteiger partial charge on any atom is 0.176 e. The highest BCUT2D eigenvalue weighted by Crippen LogP contribution is 2.33. The highest BCUT2D eigenvalue weighted by molar-refractivity contribution is 7.93. The average Bonchev–Trinajstić information content (AvgIpc) is 2.05. The highest BCUT2D eigenvalue weighted by atomic mass is 32.2. The molecule has 0 aromatic heterocycles. The van der Waals surface area contributed by atoms with Crippen LogP contribution in [0.15, 0.2) is 21.9 Å². The van der Waals surface area contributed by atoms with Crippen LogP contribution in [0.2, 0.25) is 0 Å². The minimum absolute atomic E-state index is 0.537. The van der Waals surface area contributed by atoms with E-state index in [1.54, 1.807) is 0 Å². The molecule has 0 saturated heterocycles. The predicted molar refractivity (Wildman–Crippen MR) is 56.0 cm³/mol. The maximum atomic E-state index is 11.3. The zero-order valence-electron chi connectivity index (χ0n) is 8.50. The Labute approximate surface area is 93.0 Å². The third kappa shape index (κ3) is 2.45. The van der Waals surface area contributed by atoms with E-state index in [-0.39, 0.29) is 0 Å². The van der Waals surface area contributed by atoms with Crippen LogP contribution < -0.4 is 0 Å². The van der Waals surface area contributed by atoms with E-state index in [0.717, 1.165) is 12.5 Å². The zero-order chi connectivity index (χ0) is 12.7. The first-order chi connectivity index (χ1) is 7.03. The van der Waals surface area contributed by atoms with Gasteiger partial charge in [-0.1, -0.05) is 0 Å². The van der Waals surface area contributed by atoms with Gasteiger partial charge in [-0.15, -0.1) is 0 Å². The summed E-state index contributed by atoms with van der Waals surface area (Å²) in [6.07, 6.45) is 1.63. The summed E-state index contributed by atoms with van der Waals surface area (Å²) in [6, 6.07) is 1.42. The van der Waals surface area contributed by atoms with Crippen molar-refractivity contribution in [2.75, 3.05) is 12.5 Å². The topological polar surface area (TPSA) is 109 Å². The van der Waals surface area contributed by atoms with Gasteiger partial charge in [0, 0.05) is 24.6 Å². The van der Waals surface area contributed by atoms with Gasteiger partial charge in [0.2, 0.25) is 0 Å². The van der Waals surface area contributed by atoms with Gasteiger partial charge in [-0.05, 0) is 0 Å². The Hall–Kier alpha value is -1.28. The van der Waals surface area contributed by atoms with E-state index in [9.17, 15) is 16.8 Å². The zero-order valence-corrected chi connectivity index (χ0v) is 10.1. The van der Waals surface area contributed by atoms with Crippen LogP contribution in [0.4, 0.5) is 0 Å². The van der Waals surface area contributed by atoms with Crippen molar-refractivity contribution in [3.8, 4) is 11.5 Å². The van der Waals surface area contributed by atoms with E-state index in [1.165, 1.54) is 0 Å². The SMILES string of the molecule is CS(=O)(=O)c1cc(O)c(O)cc1S(C)(=O)=O. The molecule has 1 aromatic rings. The third-order valence-electron chi connectivity index (χ3n) is 1.84. The smallest absolute Gasteiger partial charge is 0.176 e. The number of benzene rings is 1. The first-order valence-electron chi connectivity index (χ1n) is 3.99. The Kier molecular flexibility index (Phi) is 2.90. The Morgan fingerprint density at radius 1 is 0.812 bits per heavy atom. The number of phenols is 2. The summed E-state index contributed by atoms with van der Waals surface area (Å²) < 4.78 is 45.2.